The van der Waals surface area contributed by atoms with Crippen molar-refractivity contribution in [1.82, 2.24) is 0 Å². The lowest BCUT2D eigenvalue weighted by Gasteiger charge is -1.95. The van der Waals surface area contributed by atoms with E-state index in [2.05, 4.69) is 9.47 Å². The highest BCUT2D eigenvalue weighted by Crippen LogP contribution is 1.89. The van der Waals surface area contributed by atoms with Crippen LogP contribution in [0.1, 0.15) is 19.8 Å². The van der Waals surface area contributed by atoms with Gasteiger partial charge < -0.3 is 9.47 Å². The third kappa shape index (κ3) is 6.80. The number of ether oxygens (including phenoxy) is 2. The van der Waals surface area contributed by atoms with E-state index in [0.29, 0.717) is 0 Å². The number of hydrogen-bond donors (Lipinski definition) is 0. The Morgan fingerprint density at radius 3 is 2.83 bits per heavy atom. The van der Waals surface area contributed by atoms with Gasteiger partial charge in [0.1, 0.15) is 6.61 Å². The number of rotatable bonds is 5. The quantitative estimate of drug-likeness (QED) is 0.358. The first kappa shape index (κ1) is 10.7. The van der Waals surface area contributed by atoms with Gasteiger partial charge in [0.05, 0.1) is 0 Å². The molecule has 0 aliphatic heterocycles. The third-order valence-corrected chi connectivity index (χ3v) is 1.04. The van der Waals surface area contributed by atoms with E-state index < -0.39 is 6.16 Å². The molecule has 12 heavy (non-hydrogen) atoms. The van der Waals surface area contributed by atoms with Gasteiger partial charge in [0.25, 0.3) is 0 Å². The number of hydrogen-bond acceptors (Lipinski definition) is 4. The molecule has 0 amide bonds. The summed E-state index contributed by atoms with van der Waals surface area (Å²) in [6.07, 6.45) is 4.54. The summed E-state index contributed by atoms with van der Waals surface area (Å²) >= 11 is 0. The number of carbonyl (C=O) groups excluding carboxylic acids is 2. The molecule has 0 aliphatic rings. The van der Waals surface area contributed by atoms with Gasteiger partial charge in [-0.1, -0.05) is 25.5 Å². The average molecular weight is 171 g/mol. The second-order valence-electron chi connectivity index (χ2n) is 2.01. The third-order valence-electron chi connectivity index (χ3n) is 1.04. The van der Waals surface area contributed by atoms with E-state index in [0.717, 1.165) is 19.3 Å². The minimum Gasteiger partial charge on any atom is -0.430 e. The summed E-state index contributed by atoms with van der Waals surface area (Å²) in [6.45, 7) is 3.14. The van der Waals surface area contributed by atoms with E-state index >= 15 is 0 Å². The first-order chi connectivity index (χ1) is 5.81. The van der Waals surface area contributed by atoms with Crippen molar-refractivity contribution in [3.8, 4) is 0 Å². The molecule has 0 N–H and O–H groups in total. The van der Waals surface area contributed by atoms with E-state index in [1.165, 1.54) is 0 Å². The minimum absolute atomic E-state index is 0.126. The van der Waals surface area contributed by atoms with Crippen LogP contribution in [0, 0.1) is 0 Å². The van der Waals surface area contributed by atoms with E-state index in [-0.39, 0.29) is 6.61 Å². The Balaban J connectivity index is 3.29. The van der Waals surface area contributed by atoms with E-state index in [9.17, 15) is 9.59 Å². The van der Waals surface area contributed by atoms with Gasteiger partial charge in [0.15, 0.2) is 0 Å². The minimum atomic E-state index is -1.02. The molecule has 0 saturated carbocycles. The molecule has 0 aromatic heterocycles. The predicted octanol–water partition coefficient (Wildman–Crippen LogP) is 1.56. The topological polar surface area (TPSA) is 52.6 Å². The van der Waals surface area contributed by atoms with Crippen LogP contribution in [-0.2, 0) is 14.3 Å². The zero-order valence-corrected chi connectivity index (χ0v) is 6.91. The summed E-state index contributed by atoms with van der Waals surface area (Å²) in [5.74, 6) is 0. The fraction of sp³-hybridized carbons (Fsp3) is 0.500. The summed E-state index contributed by atoms with van der Waals surface area (Å²) < 4.78 is 8.17. The zero-order chi connectivity index (χ0) is 9.23. The fourth-order valence-corrected chi connectivity index (χ4v) is 0.532. The molecule has 0 bridgehead atoms. The molecular formula is C8H11O4. The van der Waals surface area contributed by atoms with Gasteiger partial charge in [-0.05, 0) is 6.42 Å². The lowest BCUT2D eigenvalue weighted by molar-refractivity contribution is 0.104. The average Bonchev–Trinajstić information content (AvgIpc) is 2.05. The summed E-state index contributed by atoms with van der Waals surface area (Å²) in [5, 5.41) is 0. The lowest BCUT2D eigenvalue weighted by Crippen LogP contribution is -2.05. The van der Waals surface area contributed by atoms with E-state index in [1.54, 1.807) is 6.08 Å². The molecular weight excluding hydrogens is 160 g/mol. The maximum Gasteiger partial charge on any atom is 0.516 e. The Labute approximate surface area is 71.2 Å². The summed E-state index contributed by atoms with van der Waals surface area (Å²) in [4.78, 5) is 19.8. The first-order valence-corrected chi connectivity index (χ1v) is 3.67. The van der Waals surface area contributed by atoms with E-state index in [4.69, 9.17) is 0 Å². The first-order valence-electron chi connectivity index (χ1n) is 3.67. The van der Waals surface area contributed by atoms with Crippen molar-refractivity contribution in [3.63, 3.8) is 0 Å². The molecule has 1 radical (unpaired) electrons. The van der Waals surface area contributed by atoms with Gasteiger partial charge in [-0.15, -0.1) is 0 Å². The van der Waals surface area contributed by atoms with Crippen molar-refractivity contribution >= 4 is 12.6 Å². The van der Waals surface area contributed by atoms with Gasteiger partial charge in [0, 0.05) is 0 Å². The molecule has 0 aromatic rings. The molecule has 0 spiro atoms. The SMILES string of the molecule is CCCC=CCOC(=O)O[C]=O. The van der Waals surface area contributed by atoms with Gasteiger partial charge in [-0.2, -0.15) is 0 Å². The molecule has 67 valence electrons. The van der Waals surface area contributed by atoms with Crippen molar-refractivity contribution in [3.05, 3.63) is 12.2 Å². The summed E-state index contributed by atoms with van der Waals surface area (Å²) in [7, 11) is 0. The number of carbonyl (C=O) groups is 1. The Kier molecular flexibility index (Phi) is 6.93. The van der Waals surface area contributed by atoms with Gasteiger partial charge >= 0.3 is 12.6 Å². The fourth-order valence-electron chi connectivity index (χ4n) is 0.532. The maximum absolute atomic E-state index is 10.3. The summed E-state index contributed by atoms with van der Waals surface area (Å²) in [5.41, 5.74) is 0. The normalized spacial score (nSPS) is 9.75. The van der Waals surface area contributed by atoms with Crippen molar-refractivity contribution < 1.29 is 19.1 Å². The Hall–Kier alpha value is -1.32. The summed E-state index contributed by atoms with van der Waals surface area (Å²) in [6, 6.07) is 0. The largest absolute Gasteiger partial charge is 0.516 e. The maximum atomic E-state index is 10.3. The van der Waals surface area contributed by atoms with Crippen molar-refractivity contribution in [2.45, 2.75) is 19.8 Å². The van der Waals surface area contributed by atoms with Gasteiger partial charge in [-0.25, -0.2) is 9.59 Å². The molecule has 0 atom stereocenters. The molecule has 0 unspecified atom stereocenters. The van der Waals surface area contributed by atoms with Crippen molar-refractivity contribution in [2.75, 3.05) is 6.61 Å². The predicted molar refractivity (Wildman–Crippen MR) is 42.2 cm³/mol. The van der Waals surface area contributed by atoms with Crippen LogP contribution in [0.25, 0.3) is 0 Å². The number of allylic oxidation sites excluding steroid dienone is 1. The van der Waals surface area contributed by atoms with Gasteiger partial charge in [-0.3, -0.25) is 0 Å². The zero-order valence-electron chi connectivity index (χ0n) is 6.91. The number of unbranched alkanes of at least 4 members (excludes halogenated alkanes) is 1. The van der Waals surface area contributed by atoms with Crippen molar-refractivity contribution in [2.24, 2.45) is 0 Å². The van der Waals surface area contributed by atoms with Crippen LogP contribution >= 0.6 is 0 Å². The van der Waals surface area contributed by atoms with Crippen LogP contribution in [0.15, 0.2) is 12.2 Å². The van der Waals surface area contributed by atoms with Crippen LogP contribution in [-0.4, -0.2) is 19.2 Å². The molecule has 0 saturated heterocycles. The molecule has 0 fully saturated rings. The molecule has 0 rings (SSSR count). The molecule has 0 aliphatic carbocycles. The molecule has 0 heterocycles. The standard InChI is InChI=1S/C8H11O4/c1-2-3-4-5-6-11-8(10)12-7-9/h4-5H,2-3,6H2,1H3. The second kappa shape index (κ2) is 7.78. The van der Waals surface area contributed by atoms with Crippen LogP contribution < -0.4 is 0 Å². The van der Waals surface area contributed by atoms with E-state index in [1.807, 2.05) is 13.0 Å². The monoisotopic (exact) mass is 171 g/mol. The highest BCUT2D eigenvalue weighted by molar-refractivity contribution is 5.69. The van der Waals surface area contributed by atoms with Gasteiger partial charge in [0.2, 0.25) is 0 Å². The Morgan fingerprint density at radius 1 is 1.50 bits per heavy atom. The molecule has 4 heteroatoms. The van der Waals surface area contributed by atoms with Crippen LogP contribution in [0.2, 0.25) is 0 Å². The van der Waals surface area contributed by atoms with Crippen LogP contribution in [0.3, 0.4) is 0 Å². The lowest BCUT2D eigenvalue weighted by atomic mass is 10.3. The highest BCUT2D eigenvalue weighted by atomic mass is 16.7. The van der Waals surface area contributed by atoms with Crippen molar-refractivity contribution in [1.29, 1.82) is 0 Å². The molecule has 4 nitrogen and oxygen atoms in total. The van der Waals surface area contributed by atoms with Crippen LogP contribution in [0.4, 0.5) is 4.79 Å². The smallest absolute Gasteiger partial charge is 0.430 e. The molecule has 0 aromatic carbocycles. The Morgan fingerprint density at radius 2 is 2.25 bits per heavy atom. The second-order valence-corrected chi connectivity index (χ2v) is 2.01. The van der Waals surface area contributed by atoms with Crippen LogP contribution in [0.5, 0.6) is 0 Å². The highest BCUT2D eigenvalue weighted by Gasteiger charge is 1.99. The Bertz CT molecular complexity index is 162.